The molecule has 0 aliphatic heterocycles. The Morgan fingerprint density at radius 3 is 1.51 bits per heavy atom. The lowest BCUT2D eigenvalue weighted by atomic mass is 10.0. The molecule has 238 valence electrons. The van der Waals surface area contributed by atoms with Gasteiger partial charge >= 0.3 is 0 Å². The minimum Gasteiger partial charge on any atom is -0.309 e. The molecule has 0 fully saturated rings. The van der Waals surface area contributed by atoms with Crippen LogP contribution in [0.15, 0.2) is 188 Å². The summed E-state index contributed by atoms with van der Waals surface area (Å²) in [6, 6.07) is 40.1. The summed E-state index contributed by atoms with van der Waals surface area (Å²) in [5, 5.41) is 5.97. The second-order valence-electron chi connectivity index (χ2n) is 12.6. The van der Waals surface area contributed by atoms with Crippen LogP contribution >= 0.6 is 0 Å². The van der Waals surface area contributed by atoms with Crippen LogP contribution in [0, 0.1) is 0 Å². The lowest BCUT2D eigenvalue weighted by Gasteiger charge is -2.16. The third kappa shape index (κ3) is 3.94. The van der Waals surface area contributed by atoms with Gasteiger partial charge in [0.05, 0.1) is 62.5 Å². The molecule has 11 rings (SSSR count). The summed E-state index contributed by atoms with van der Waals surface area (Å²) in [4.78, 5) is 0. The zero-order valence-corrected chi connectivity index (χ0v) is 27.0. The van der Waals surface area contributed by atoms with E-state index in [4.69, 9.17) is 9.60 Å². The molecule has 0 bridgehead atoms. The predicted molar refractivity (Wildman–Crippen MR) is 215 cm³/mol. The van der Waals surface area contributed by atoms with Crippen LogP contribution in [0.5, 0.6) is 0 Å². The van der Waals surface area contributed by atoms with Gasteiger partial charge in [-0.1, -0.05) is 139 Å². The fourth-order valence-corrected chi connectivity index (χ4v) is 8.07. The lowest BCUT2D eigenvalue weighted by Crippen LogP contribution is -2.01. The van der Waals surface area contributed by atoms with Gasteiger partial charge in [-0.15, -0.1) is 0 Å². The van der Waals surface area contributed by atoms with E-state index in [1.165, 1.54) is 0 Å². The number of hydrogen-bond acceptors (Lipinski definition) is 0. The largest absolute Gasteiger partial charge is 0.309 e. The predicted octanol–water partition coefficient (Wildman–Crippen LogP) is 12.6. The second-order valence-corrected chi connectivity index (χ2v) is 12.6. The first-order chi connectivity index (χ1) is 29.1. The van der Waals surface area contributed by atoms with Crippen molar-refractivity contribution in [2.75, 3.05) is 0 Å². The van der Waals surface area contributed by atoms with Crippen LogP contribution < -0.4 is 0 Å². The van der Waals surface area contributed by atoms with Gasteiger partial charge in [0.15, 0.2) is 0 Å². The Kier molecular flexibility index (Phi) is 4.38. The monoisotopic (exact) mass is 658 g/mol. The van der Waals surface area contributed by atoms with Crippen LogP contribution in [-0.2, 0) is 0 Å². The van der Waals surface area contributed by atoms with E-state index in [0.717, 1.165) is 65.8 Å². The Hall–Kier alpha value is -6.84. The SMILES string of the molecule is [2H]c1c([2H])c([2H])c(-c2c([2H])c([2H])c([2H])c([2H])c2-n2c3ccccc3c3c(-n4c5ccccc5c5cccc(-n6c7ccccc7c7ccccc76)c54)cccc32)c([2H])c1[2H]. The van der Waals surface area contributed by atoms with Crippen LogP contribution in [0.4, 0.5) is 0 Å². The normalized spacial score (nSPS) is 14.4. The van der Waals surface area contributed by atoms with Gasteiger partial charge in [-0.2, -0.15) is 0 Å². The Morgan fingerprint density at radius 1 is 0.333 bits per heavy atom. The van der Waals surface area contributed by atoms with Crippen molar-refractivity contribution in [2.45, 2.75) is 0 Å². The van der Waals surface area contributed by atoms with E-state index in [1.54, 1.807) is 4.57 Å². The van der Waals surface area contributed by atoms with E-state index in [1.807, 2.05) is 48.5 Å². The molecule has 51 heavy (non-hydrogen) atoms. The van der Waals surface area contributed by atoms with Gasteiger partial charge in [0.2, 0.25) is 0 Å². The highest BCUT2D eigenvalue weighted by Gasteiger charge is 2.23. The van der Waals surface area contributed by atoms with Crippen molar-refractivity contribution < 1.29 is 12.3 Å². The summed E-state index contributed by atoms with van der Waals surface area (Å²) in [5.41, 5.74) is 6.58. The summed E-state index contributed by atoms with van der Waals surface area (Å²) < 4.78 is 85.7. The van der Waals surface area contributed by atoms with E-state index in [9.17, 15) is 2.74 Å². The van der Waals surface area contributed by atoms with E-state index in [-0.39, 0.29) is 16.8 Å². The maximum absolute atomic E-state index is 9.42. The maximum Gasteiger partial charge on any atom is 0.0782 e. The van der Waals surface area contributed by atoms with Gasteiger partial charge < -0.3 is 13.7 Å². The molecule has 0 saturated carbocycles. The van der Waals surface area contributed by atoms with E-state index < -0.39 is 54.4 Å². The van der Waals surface area contributed by atoms with Crippen molar-refractivity contribution in [3.05, 3.63) is 188 Å². The second kappa shape index (κ2) is 10.8. The van der Waals surface area contributed by atoms with Crippen molar-refractivity contribution >= 4 is 65.4 Å². The van der Waals surface area contributed by atoms with E-state index in [0.29, 0.717) is 11.0 Å². The molecule has 3 heterocycles. The molecule has 0 N–H and O–H groups in total. The van der Waals surface area contributed by atoms with Crippen LogP contribution in [0.25, 0.3) is 93.6 Å². The van der Waals surface area contributed by atoms with Crippen molar-refractivity contribution in [1.82, 2.24) is 13.7 Å². The van der Waals surface area contributed by atoms with Crippen LogP contribution in [0.3, 0.4) is 0 Å². The average Bonchev–Trinajstić information content (AvgIpc) is 3.92. The topological polar surface area (TPSA) is 14.8 Å². The van der Waals surface area contributed by atoms with E-state index in [2.05, 4.69) is 94.1 Å². The zero-order chi connectivity index (χ0) is 41.3. The van der Waals surface area contributed by atoms with Gasteiger partial charge in [0.25, 0.3) is 0 Å². The standard InChI is InChI=1S/C48H31N3/c1-2-16-32(17-3-1)33-18-4-9-24-39(33)49-43-28-13-8-22-38(43)47-44(49)29-15-30-45(47)51-42-27-12-7-21-36(42)37-23-14-31-46(48(37)51)50-40-25-10-5-19-34(40)35-20-6-11-26-41(35)50/h1-31H/i1D,2D,3D,4D,9D,16D,17D,18D,24D. The molecular formula is C48H31N3. The van der Waals surface area contributed by atoms with Gasteiger partial charge in [-0.05, 0) is 54.1 Å². The molecule has 0 aliphatic carbocycles. The Morgan fingerprint density at radius 2 is 0.804 bits per heavy atom. The summed E-state index contributed by atoms with van der Waals surface area (Å²) in [6.45, 7) is 0. The fourth-order valence-electron chi connectivity index (χ4n) is 8.07. The molecule has 11 aromatic rings. The molecule has 8 aromatic carbocycles. The zero-order valence-electron chi connectivity index (χ0n) is 36.0. The summed E-state index contributed by atoms with van der Waals surface area (Å²) in [5.74, 6) is 0. The number of aromatic nitrogens is 3. The van der Waals surface area contributed by atoms with Crippen molar-refractivity contribution in [2.24, 2.45) is 0 Å². The van der Waals surface area contributed by atoms with Crippen molar-refractivity contribution in [3.8, 4) is 28.2 Å². The number of nitrogens with zero attached hydrogens (tertiary/aromatic N) is 3. The highest BCUT2D eigenvalue weighted by Crippen LogP contribution is 2.43. The molecule has 3 nitrogen and oxygen atoms in total. The third-order valence-electron chi connectivity index (χ3n) is 10.1. The van der Waals surface area contributed by atoms with Crippen LogP contribution in [0.1, 0.15) is 12.3 Å². The third-order valence-corrected chi connectivity index (χ3v) is 10.1. The molecule has 3 aromatic heterocycles. The fraction of sp³-hybridized carbons (Fsp3) is 0. The number of fused-ring (bicyclic) bond motifs is 9. The van der Waals surface area contributed by atoms with Gasteiger partial charge in [-0.25, -0.2) is 0 Å². The molecule has 0 atom stereocenters. The molecular weight excluding hydrogens is 619 g/mol. The molecule has 3 heteroatoms. The first kappa shape index (κ1) is 20.6. The number of hydrogen-bond donors (Lipinski definition) is 0. The van der Waals surface area contributed by atoms with Crippen LogP contribution in [0.2, 0.25) is 0 Å². The van der Waals surface area contributed by atoms with E-state index >= 15 is 0 Å². The summed E-state index contributed by atoms with van der Waals surface area (Å²) in [6.07, 6.45) is 0. The van der Waals surface area contributed by atoms with Gasteiger partial charge in [0.1, 0.15) is 0 Å². The average molecular weight is 659 g/mol. The molecule has 0 aliphatic rings. The van der Waals surface area contributed by atoms with Crippen molar-refractivity contribution in [1.29, 1.82) is 0 Å². The summed E-state index contributed by atoms with van der Waals surface area (Å²) in [7, 11) is 0. The Bertz CT molecular complexity index is 3590. The minimum atomic E-state index is -0.598. The molecule has 0 spiro atoms. The smallest absolute Gasteiger partial charge is 0.0782 e. The first-order valence-corrected chi connectivity index (χ1v) is 16.8. The highest BCUT2D eigenvalue weighted by atomic mass is 15.1. The number of benzene rings is 8. The summed E-state index contributed by atoms with van der Waals surface area (Å²) >= 11 is 0. The van der Waals surface area contributed by atoms with Gasteiger partial charge in [0, 0.05) is 37.9 Å². The number of para-hydroxylation sites is 6. The minimum absolute atomic E-state index is 0.0175. The molecule has 0 unspecified atom stereocenters. The first-order valence-electron chi connectivity index (χ1n) is 21.3. The lowest BCUT2D eigenvalue weighted by molar-refractivity contribution is 1.14. The van der Waals surface area contributed by atoms with Gasteiger partial charge in [-0.3, -0.25) is 0 Å². The molecule has 0 amide bonds. The number of rotatable bonds is 4. The van der Waals surface area contributed by atoms with Crippen LogP contribution in [-0.4, -0.2) is 13.7 Å². The Labute approximate surface area is 307 Å². The maximum atomic E-state index is 9.42. The quantitative estimate of drug-likeness (QED) is 0.179. The Balaban J connectivity index is 1.31. The molecule has 0 radical (unpaired) electrons. The molecule has 0 saturated heterocycles. The highest BCUT2D eigenvalue weighted by molar-refractivity contribution is 6.18. The van der Waals surface area contributed by atoms with Crippen molar-refractivity contribution in [3.63, 3.8) is 0 Å².